The molecular weight excluding hydrogens is 272 g/mol. The van der Waals surface area contributed by atoms with Crippen molar-refractivity contribution in [1.82, 2.24) is 0 Å². The van der Waals surface area contributed by atoms with E-state index in [1.165, 1.54) is 24.3 Å². The summed E-state index contributed by atoms with van der Waals surface area (Å²) in [4.78, 5) is 22.3. The summed E-state index contributed by atoms with van der Waals surface area (Å²) < 4.78 is 9.43. The zero-order valence-electron chi connectivity index (χ0n) is 10.3. The van der Waals surface area contributed by atoms with E-state index in [0.717, 1.165) is 0 Å². The summed E-state index contributed by atoms with van der Waals surface area (Å²) in [7, 11) is 0. The Morgan fingerprint density at radius 3 is 1.40 bits per heavy atom. The number of esters is 2. The van der Waals surface area contributed by atoms with Crippen LogP contribution in [0.3, 0.4) is 0 Å². The van der Waals surface area contributed by atoms with Crippen LogP contribution in [0.5, 0.6) is 11.5 Å². The molecule has 1 aromatic carbocycles. The van der Waals surface area contributed by atoms with E-state index in [4.69, 9.17) is 29.9 Å². The molecule has 0 heterocycles. The normalized spacial score (nSPS) is 13.4. The third kappa shape index (κ3) is 4.59. The Labute approximate surface area is 113 Å². The number of benzene rings is 1. The Kier molecular flexibility index (Phi) is 6.07. The van der Waals surface area contributed by atoms with Gasteiger partial charge in [-0.2, -0.15) is 0 Å². The molecule has 0 aromatic heterocycles. The molecule has 2 atom stereocenters. The predicted molar refractivity (Wildman–Crippen MR) is 63.9 cm³/mol. The lowest BCUT2D eigenvalue weighted by Gasteiger charge is -2.09. The second-order valence-electron chi connectivity index (χ2n) is 3.71. The molecule has 2 unspecified atom stereocenters. The zero-order valence-corrected chi connectivity index (χ0v) is 10.3. The number of rotatable bonds is 6. The number of hydrogen-bond acceptors (Lipinski definition) is 8. The van der Waals surface area contributed by atoms with E-state index in [0.29, 0.717) is 0 Å². The van der Waals surface area contributed by atoms with Crippen molar-refractivity contribution in [3.8, 4) is 11.5 Å². The SMILES string of the molecule is O=C(Oc1ccc(OC(=O)C(O)CO)cc1)C(O)CO. The maximum absolute atomic E-state index is 11.2. The molecule has 0 radical (unpaired) electrons. The second-order valence-corrected chi connectivity index (χ2v) is 3.71. The van der Waals surface area contributed by atoms with Gasteiger partial charge >= 0.3 is 11.9 Å². The maximum atomic E-state index is 11.2. The summed E-state index contributed by atoms with van der Waals surface area (Å²) in [6.07, 6.45) is -3.26. The number of carbonyl (C=O) groups excluding carboxylic acids is 2. The molecule has 0 aliphatic carbocycles. The quantitative estimate of drug-likeness (QED) is 0.356. The minimum absolute atomic E-state index is 0.0741. The van der Waals surface area contributed by atoms with Crippen molar-refractivity contribution < 1.29 is 39.5 Å². The number of aliphatic hydroxyl groups excluding tert-OH is 4. The third-order valence-corrected chi connectivity index (χ3v) is 2.15. The summed E-state index contributed by atoms with van der Waals surface area (Å²) >= 11 is 0. The number of hydrogen-bond donors (Lipinski definition) is 4. The van der Waals surface area contributed by atoms with Crippen LogP contribution in [0.4, 0.5) is 0 Å². The van der Waals surface area contributed by atoms with E-state index < -0.39 is 37.4 Å². The van der Waals surface area contributed by atoms with Crippen LogP contribution in [-0.2, 0) is 9.59 Å². The maximum Gasteiger partial charge on any atom is 0.342 e. The highest BCUT2D eigenvalue weighted by Gasteiger charge is 2.17. The molecule has 4 N–H and O–H groups in total. The van der Waals surface area contributed by atoms with Gasteiger partial charge in [0.05, 0.1) is 13.2 Å². The summed E-state index contributed by atoms with van der Waals surface area (Å²) in [5, 5.41) is 35.1. The first-order chi connectivity index (χ1) is 9.47. The molecule has 8 nitrogen and oxygen atoms in total. The van der Waals surface area contributed by atoms with Crippen LogP contribution in [0.15, 0.2) is 24.3 Å². The van der Waals surface area contributed by atoms with Gasteiger partial charge in [0.1, 0.15) is 11.5 Å². The van der Waals surface area contributed by atoms with Crippen molar-refractivity contribution in [2.45, 2.75) is 12.2 Å². The minimum Gasteiger partial charge on any atom is -0.425 e. The Morgan fingerprint density at radius 2 is 1.15 bits per heavy atom. The minimum atomic E-state index is -1.63. The first kappa shape index (κ1) is 16.1. The molecule has 0 fully saturated rings. The molecule has 0 saturated heterocycles. The molecule has 1 rings (SSSR count). The summed E-state index contributed by atoms with van der Waals surface area (Å²) in [5.74, 6) is -1.89. The van der Waals surface area contributed by atoms with Crippen LogP contribution in [-0.4, -0.2) is 57.8 Å². The van der Waals surface area contributed by atoms with Crippen molar-refractivity contribution in [2.75, 3.05) is 13.2 Å². The van der Waals surface area contributed by atoms with Gasteiger partial charge in [-0.05, 0) is 24.3 Å². The van der Waals surface area contributed by atoms with E-state index in [1.807, 2.05) is 0 Å². The zero-order chi connectivity index (χ0) is 15.1. The Bertz CT molecular complexity index is 412. The van der Waals surface area contributed by atoms with Crippen LogP contribution in [0.2, 0.25) is 0 Å². The molecule has 0 amide bonds. The van der Waals surface area contributed by atoms with Crippen LogP contribution in [0.25, 0.3) is 0 Å². The number of aliphatic hydroxyl groups is 4. The second kappa shape index (κ2) is 7.56. The Hall–Kier alpha value is -2.00. The van der Waals surface area contributed by atoms with Crippen LogP contribution in [0, 0.1) is 0 Å². The summed E-state index contributed by atoms with van der Waals surface area (Å²) in [6, 6.07) is 5.15. The van der Waals surface area contributed by atoms with Gasteiger partial charge in [-0.1, -0.05) is 0 Å². The van der Waals surface area contributed by atoms with Crippen molar-refractivity contribution in [3.63, 3.8) is 0 Å². The number of ether oxygens (including phenoxy) is 2. The van der Waals surface area contributed by atoms with Crippen LogP contribution < -0.4 is 9.47 Å². The lowest BCUT2D eigenvalue weighted by Crippen LogP contribution is -2.29. The fourth-order valence-electron chi connectivity index (χ4n) is 1.09. The molecule has 0 aliphatic heterocycles. The molecule has 0 bridgehead atoms. The molecule has 0 aliphatic rings. The van der Waals surface area contributed by atoms with Gasteiger partial charge in [0.15, 0.2) is 12.2 Å². The topological polar surface area (TPSA) is 134 Å². The van der Waals surface area contributed by atoms with Gasteiger partial charge in [0.25, 0.3) is 0 Å². The lowest BCUT2D eigenvalue weighted by atomic mass is 10.3. The molecule has 110 valence electrons. The van der Waals surface area contributed by atoms with Crippen molar-refractivity contribution in [2.24, 2.45) is 0 Å². The average Bonchev–Trinajstić information content (AvgIpc) is 2.47. The van der Waals surface area contributed by atoms with Gasteiger partial charge in [-0.15, -0.1) is 0 Å². The highest BCUT2D eigenvalue weighted by atomic mass is 16.6. The first-order valence-corrected chi connectivity index (χ1v) is 5.59. The lowest BCUT2D eigenvalue weighted by molar-refractivity contribution is -0.146. The molecule has 0 spiro atoms. The fraction of sp³-hybridized carbons (Fsp3) is 0.333. The number of carbonyl (C=O) groups is 2. The van der Waals surface area contributed by atoms with Gasteiger partial charge in [0.2, 0.25) is 0 Å². The largest absolute Gasteiger partial charge is 0.425 e. The Balaban J connectivity index is 2.61. The molecule has 20 heavy (non-hydrogen) atoms. The summed E-state index contributed by atoms with van der Waals surface area (Å²) in [5.41, 5.74) is 0. The fourth-order valence-corrected chi connectivity index (χ4v) is 1.09. The van der Waals surface area contributed by atoms with E-state index in [2.05, 4.69) is 0 Å². The van der Waals surface area contributed by atoms with Gasteiger partial charge in [0, 0.05) is 0 Å². The molecule has 0 saturated carbocycles. The molecular formula is C12H14O8. The van der Waals surface area contributed by atoms with Crippen LogP contribution in [0.1, 0.15) is 0 Å². The van der Waals surface area contributed by atoms with Gasteiger partial charge < -0.3 is 29.9 Å². The predicted octanol–water partition coefficient (Wildman–Crippen LogP) is -1.80. The first-order valence-electron chi connectivity index (χ1n) is 5.59. The highest BCUT2D eigenvalue weighted by molar-refractivity contribution is 5.78. The Morgan fingerprint density at radius 1 is 0.850 bits per heavy atom. The monoisotopic (exact) mass is 286 g/mol. The molecule has 8 heteroatoms. The van der Waals surface area contributed by atoms with E-state index >= 15 is 0 Å². The van der Waals surface area contributed by atoms with Crippen molar-refractivity contribution in [3.05, 3.63) is 24.3 Å². The smallest absolute Gasteiger partial charge is 0.342 e. The van der Waals surface area contributed by atoms with Crippen molar-refractivity contribution >= 4 is 11.9 Å². The van der Waals surface area contributed by atoms with Gasteiger partial charge in [-0.25, -0.2) is 9.59 Å². The molecule has 1 aromatic rings. The third-order valence-electron chi connectivity index (χ3n) is 2.15. The standard InChI is InChI=1S/C12H14O8/c13-5-9(15)11(17)19-7-1-2-8(4-3-7)20-12(18)10(16)6-14/h1-4,9-10,13-16H,5-6H2. The summed E-state index contributed by atoms with van der Waals surface area (Å²) in [6.45, 7) is -1.51. The van der Waals surface area contributed by atoms with E-state index in [-0.39, 0.29) is 11.5 Å². The van der Waals surface area contributed by atoms with Crippen molar-refractivity contribution in [1.29, 1.82) is 0 Å². The van der Waals surface area contributed by atoms with E-state index in [1.54, 1.807) is 0 Å². The average molecular weight is 286 g/mol. The van der Waals surface area contributed by atoms with E-state index in [9.17, 15) is 9.59 Å². The van der Waals surface area contributed by atoms with Crippen LogP contribution >= 0.6 is 0 Å². The van der Waals surface area contributed by atoms with Gasteiger partial charge in [-0.3, -0.25) is 0 Å². The highest BCUT2D eigenvalue weighted by Crippen LogP contribution is 2.18.